The van der Waals surface area contributed by atoms with Crippen molar-refractivity contribution in [3.63, 3.8) is 0 Å². The molecule has 0 fully saturated rings. The van der Waals surface area contributed by atoms with Gasteiger partial charge in [0.15, 0.2) is 11.5 Å². The molecule has 1 unspecified atom stereocenters. The van der Waals surface area contributed by atoms with Crippen molar-refractivity contribution in [2.45, 2.75) is 26.0 Å². The number of benzene rings is 1. The second kappa shape index (κ2) is 5.97. The van der Waals surface area contributed by atoms with E-state index in [9.17, 15) is 0 Å². The van der Waals surface area contributed by atoms with E-state index in [0.717, 1.165) is 30.3 Å². The largest absolute Gasteiger partial charge is 0.486 e. The van der Waals surface area contributed by atoms with Crippen LogP contribution in [0.4, 0.5) is 0 Å². The Balaban J connectivity index is 0.00000133. The molecule has 0 N–H and O–H groups in total. The lowest BCUT2D eigenvalue weighted by Gasteiger charge is -2.26. The molecule has 0 amide bonds. The number of ether oxygens (including phenoxy) is 2. The quantitative estimate of drug-likeness (QED) is 0.867. The van der Waals surface area contributed by atoms with Gasteiger partial charge in [-0.05, 0) is 19.1 Å². The molecule has 102 valence electrons. The fourth-order valence-corrected chi connectivity index (χ4v) is 2.19. The Kier molecular flexibility index (Phi) is 4.32. The summed E-state index contributed by atoms with van der Waals surface area (Å²) >= 11 is 0. The summed E-state index contributed by atoms with van der Waals surface area (Å²) in [6.07, 6.45) is 4.63. The summed E-state index contributed by atoms with van der Waals surface area (Å²) in [7, 11) is 0. The number of rotatable bonds is 3. The molecule has 0 bridgehead atoms. The second-order valence-corrected chi connectivity index (χ2v) is 4.33. The van der Waals surface area contributed by atoms with Gasteiger partial charge < -0.3 is 14.0 Å². The van der Waals surface area contributed by atoms with Crippen LogP contribution in [0.2, 0.25) is 0 Å². The van der Waals surface area contributed by atoms with Crippen molar-refractivity contribution in [2.75, 3.05) is 6.61 Å². The van der Waals surface area contributed by atoms with E-state index in [-0.39, 0.29) is 18.5 Å². The molecule has 2 aromatic rings. The van der Waals surface area contributed by atoms with E-state index in [1.54, 1.807) is 0 Å². The number of aromatic nitrogens is 2. The molecule has 1 aliphatic rings. The number of hydrogen-bond donors (Lipinski definition) is 0. The average Bonchev–Trinajstić information content (AvgIpc) is 2.86. The van der Waals surface area contributed by atoms with Crippen LogP contribution in [0.15, 0.2) is 36.7 Å². The Morgan fingerprint density at radius 1 is 1.32 bits per heavy atom. The zero-order valence-electron chi connectivity index (χ0n) is 10.8. The number of fused-ring (bicyclic) bond motifs is 1. The Morgan fingerprint density at radius 3 is 2.89 bits per heavy atom. The maximum absolute atomic E-state index is 5.93. The number of aryl methyl sites for hydroxylation is 1. The highest BCUT2D eigenvalue weighted by atomic mass is 35.5. The zero-order valence-corrected chi connectivity index (χ0v) is 11.6. The van der Waals surface area contributed by atoms with Crippen LogP contribution in [-0.4, -0.2) is 22.3 Å². The molecule has 0 saturated heterocycles. The molecule has 0 spiro atoms. The Morgan fingerprint density at radius 2 is 2.11 bits per heavy atom. The van der Waals surface area contributed by atoms with Crippen LogP contribution in [0.5, 0.6) is 11.5 Å². The van der Waals surface area contributed by atoms with E-state index in [1.807, 2.05) is 36.7 Å². The van der Waals surface area contributed by atoms with Gasteiger partial charge in [0.1, 0.15) is 18.5 Å². The molecule has 5 heteroatoms. The summed E-state index contributed by atoms with van der Waals surface area (Å²) in [6.45, 7) is 3.62. The molecule has 1 aromatic heterocycles. The van der Waals surface area contributed by atoms with Crippen molar-refractivity contribution < 1.29 is 9.47 Å². The minimum atomic E-state index is 0. The molecule has 0 radical (unpaired) electrons. The molecule has 2 heterocycles. The van der Waals surface area contributed by atoms with Crippen LogP contribution in [0.1, 0.15) is 12.7 Å². The SMILES string of the molecule is CCn1ccnc1CC1COc2ccccc2O1.Cl. The van der Waals surface area contributed by atoms with Gasteiger partial charge in [-0.2, -0.15) is 0 Å². The van der Waals surface area contributed by atoms with Crippen LogP contribution >= 0.6 is 12.4 Å². The van der Waals surface area contributed by atoms with Crippen LogP contribution in [0.3, 0.4) is 0 Å². The Hall–Kier alpha value is -1.68. The lowest BCUT2D eigenvalue weighted by atomic mass is 10.2. The monoisotopic (exact) mass is 280 g/mol. The summed E-state index contributed by atoms with van der Waals surface area (Å²) in [5.74, 6) is 2.70. The van der Waals surface area contributed by atoms with E-state index < -0.39 is 0 Å². The Bertz CT molecular complexity index is 542. The number of halogens is 1. The first kappa shape index (κ1) is 13.7. The second-order valence-electron chi connectivity index (χ2n) is 4.33. The van der Waals surface area contributed by atoms with Crippen molar-refractivity contribution in [2.24, 2.45) is 0 Å². The molecule has 19 heavy (non-hydrogen) atoms. The van der Waals surface area contributed by atoms with E-state index in [4.69, 9.17) is 9.47 Å². The molecule has 1 aliphatic heterocycles. The summed E-state index contributed by atoms with van der Waals surface area (Å²) in [6, 6.07) is 7.77. The van der Waals surface area contributed by atoms with Crippen LogP contribution in [0, 0.1) is 0 Å². The fraction of sp³-hybridized carbons (Fsp3) is 0.357. The molecular weight excluding hydrogens is 264 g/mol. The first-order valence-electron chi connectivity index (χ1n) is 6.25. The average molecular weight is 281 g/mol. The highest BCUT2D eigenvalue weighted by Gasteiger charge is 2.22. The van der Waals surface area contributed by atoms with E-state index >= 15 is 0 Å². The number of nitrogens with zero attached hydrogens (tertiary/aromatic N) is 2. The topological polar surface area (TPSA) is 36.3 Å². The van der Waals surface area contributed by atoms with Crippen LogP contribution < -0.4 is 9.47 Å². The van der Waals surface area contributed by atoms with Crippen molar-refractivity contribution in [1.29, 1.82) is 0 Å². The third-order valence-corrected chi connectivity index (χ3v) is 3.12. The van der Waals surface area contributed by atoms with Crippen LogP contribution in [0.25, 0.3) is 0 Å². The van der Waals surface area contributed by atoms with Gasteiger partial charge in [-0.3, -0.25) is 0 Å². The standard InChI is InChI=1S/C14H16N2O2.ClH/c1-2-16-8-7-15-14(16)9-11-10-17-12-5-3-4-6-13(12)18-11;/h3-8,11H,2,9-10H2,1H3;1H. The maximum Gasteiger partial charge on any atom is 0.161 e. The van der Waals surface area contributed by atoms with Gasteiger partial charge in [-0.1, -0.05) is 12.1 Å². The van der Waals surface area contributed by atoms with Crippen molar-refractivity contribution in [1.82, 2.24) is 9.55 Å². The number of imidazole rings is 1. The minimum Gasteiger partial charge on any atom is -0.486 e. The highest BCUT2D eigenvalue weighted by Crippen LogP contribution is 2.31. The van der Waals surface area contributed by atoms with Crippen molar-refractivity contribution in [3.8, 4) is 11.5 Å². The normalized spacial score (nSPS) is 16.8. The molecule has 0 saturated carbocycles. The predicted octanol–water partition coefficient (Wildman–Crippen LogP) is 2.71. The van der Waals surface area contributed by atoms with Crippen molar-refractivity contribution >= 4 is 12.4 Å². The lowest BCUT2D eigenvalue weighted by Crippen LogP contribution is -2.32. The van der Waals surface area contributed by atoms with Gasteiger partial charge in [0.25, 0.3) is 0 Å². The van der Waals surface area contributed by atoms with E-state index in [1.165, 1.54) is 0 Å². The molecule has 0 aliphatic carbocycles. The van der Waals surface area contributed by atoms with E-state index in [0.29, 0.717) is 6.61 Å². The first-order chi connectivity index (χ1) is 8.86. The number of para-hydroxylation sites is 2. The highest BCUT2D eigenvalue weighted by molar-refractivity contribution is 5.85. The zero-order chi connectivity index (χ0) is 12.4. The lowest BCUT2D eigenvalue weighted by molar-refractivity contribution is 0.0892. The summed E-state index contributed by atoms with van der Waals surface area (Å²) in [4.78, 5) is 4.36. The summed E-state index contributed by atoms with van der Waals surface area (Å²) in [5, 5.41) is 0. The molecular formula is C14H17ClN2O2. The Labute approximate surface area is 118 Å². The fourth-order valence-electron chi connectivity index (χ4n) is 2.19. The van der Waals surface area contributed by atoms with E-state index in [2.05, 4.69) is 16.5 Å². The van der Waals surface area contributed by atoms with Crippen molar-refractivity contribution in [3.05, 3.63) is 42.5 Å². The van der Waals surface area contributed by atoms with Gasteiger partial charge in [-0.25, -0.2) is 4.98 Å². The smallest absolute Gasteiger partial charge is 0.161 e. The summed E-state index contributed by atoms with van der Waals surface area (Å²) < 4.78 is 13.8. The predicted molar refractivity (Wildman–Crippen MR) is 75.2 cm³/mol. The van der Waals surface area contributed by atoms with Gasteiger partial charge in [0, 0.05) is 25.4 Å². The minimum absolute atomic E-state index is 0. The molecule has 1 atom stereocenters. The molecule has 3 rings (SSSR count). The van der Waals surface area contributed by atoms with Gasteiger partial charge >= 0.3 is 0 Å². The van der Waals surface area contributed by atoms with Gasteiger partial charge in [-0.15, -0.1) is 12.4 Å². The molecule has 4 nitrogen and oxygen atoms in total. The number of hydrogen-bond acceptors (Lipinski definition) is 3. The maximum atomic E-state index is 5.93. The third kappa shape index (κ3) is 2.84. The van der Waals surface area contributed by atoms with Crippen LogP contribution in [-0.2, 0) is 13.0 Å². The van der Waals surface area contributed by atoms with Gasteiger partial charge in [0.05, 0.1) is 0 Å². The first-order valence-corrected chi connectivity index (χ1v) is 6.25. The molecule has 1 aromatic carbocycles. The third-order valence-electron chi connectivity index (χ3n) is 3.12. The summed E-state index contributed by atoms with van der Waals surface area (Å²) in [5.41, 5.74) is 0. The van der Waals surface area contributed by atoms with Gasteiger partial charge in [0.2, 0.25) is 0 Å².